The third-order valence-electron chi connectivity index (χ3n) is 4.40. The average Bonchev–Trinajstić information content (AvgIpc) is 2.86. The minimum Gasteiger partial charge on any atom is -0.494 e. The number of aryl methyl sites for hydroxylation is 2. The molecule has 1 N–H and O–H groups in total. The van der Waals surface area contributed by atoms with Crippen molar-refractivity contribution in [3.63, 3.8) is 0 Å². The summed E-state index contributed by atoms with van der Waals surface area (Å²) >= 11 is 0. The summed E-state index contributed by atoms with van der Waals surface area (Å²) in [6.07, 6.45) is 0.152. The molecule has 1 aliphatic heterocycles. The summed E-state index contributed by atoms with van der Waals surface area (Å²) in [5, 5.41) is 3.18. The average molecular weight is 338 g/mol. The molecule has 1 atom stereocenters. The van der Waals surface area contributed by atoms with E-state index < -0.39 is 6.04 Å². The predicted molar refractivity (Wildman–Crippen MR) is 98.0 cm³/mol. The highest BCUT2D eigenvalue weighted by Crippen LogP contribution is 2.27. The molecule has 2 amide bonds. The van der Waals surface area contributed by atoms with Gasteiger partial charge in [-0.15, -0.1) is 0 Å². The zero-order chi connectivity index (χ0) is 18.0. The van der Waals surface area contributed by atoms with E-state index in [0.717, 1.165) is 17.0 Å². The van der Waals surface area contributed by atoms with Gasteiger partial charge in [-0.05, 0) is 68.3 Å². The number of amides is 2. The Balaban J connectivity index is 1.76. The molecule has 3 rings (SSSR count). The highest BCUT2D eigenvalue weighted by molar-refractivity contribution is 6.23. The van der Waals surface area contributed by atoms with Crippen LogP contribution in [0.1, 0.15) is 24.5 Å². The van der Waals surface area contributed by atoms with Crippen LogP contribution >= 0.6 is 0 Å². The Morgan fingerprint density at radius 3 is 2.44 bits per heavy atom. The van der Waals surface area contributed by atoms with Gasteiger partial charge >= 0.3 is 0 Å². The van der Waals surface area contributed by atoms with E-state index in [2.05, 4.69) is 5.32 Å². The van der Waals surface area contributed by atoms with Crippen LogP contribution < -0.4 is 15.0 Å². The van der Waals surface area contributed by atoms with Gasteiger partial charge in [0, 0.05) is 5.69 Å². The van der Waals surface area contributed by atoms with Crippen LogP contribution in [0.4, 0.5) is 11.4 Å². The molecule has 1 fully saturated rings. The number of hydrogen-bond donors (Lipinski definition) is 1. The summed E-state index contributed by atoms with van der Waals surface area (Å²) in [5.41, 5.74) is 3.76. The second kappa shape index (κ2) is 6.97. The number of hydrogen-bond acceptors (Lipinski definition) is 4. The van der Waals surface area contributed by atoms with Crippen LogP contribution in [-0.2, 0) is 9.59 Å². The third kappa shape index (κ3) is 3.50. The van der Waals surface area contributed by atoms with Gasteiger partial charge in [-0.1, -0.05) is 6.07 Å². The van der Waals surface area contributed by atoms with Crippen LogP contribution in [0.2, 0.25) is 0 Å². The van der Waals surface area contributed by atoms with Gasteiger partial charge in [-0.3, -0.25) is 9.59 Å². The number of imide groups is 1. The van der Waals surface area contributed by atoms with Crippen molar-refractivity contribution in [3.8, 4) is 5.75 Å². The van der Waals surface area contributed by atoms with Gasteiger partial charge < -0.3 is 10.1 Å². The maximum Gasteiger partial charge on any atom is 0.256 e. The molecular formula is C20H22N2O3. The smallest absolute Gasteiger partial charge is 0.256 e. The van der Waals surface area contributed by atoms with E-state index in [0.29, 0.717) is 12.3 Å². The van der Waals surface area contributed by atoms with E-state index >= 15 is 0 Å². The lowest BCUT2D eigenvalue weighted by atomic mass is 10.1. The Labute approximate surface area is 147 Å². The molecule has 0 radical (unpaired) electrons. The Hall–Kier alpha value is -2.82. The van der Waals surface area contributed by atoms with Crippen LogP contribution in [0.25, 0.3) is 0 Å². The van der Waals surface area contributed by atoms with Gasteiger partial charge in [0.2, 0.25) is 5.91 Å². The van der Waals surface area contributed by atoms with Gasteiger partial charge in [-0.2, -0.15) is 0 Å². The van der Waals surface area contributed by atoms with Crippen LogP contribution in [0, 0.1) is 13.8 Å². The lowest BCUT2D eigenvalue weighted by Crippen LogP contribution is -2.34. The van der Waals surface area contributed by atoms with Crippen molar-refractivity contribution in [2.24, 2.45) is 0 Å². The number of nitrogens with zero attached hydrogens (tertiary/aromatic N) is 1. The molecule has 2 aromatic carbocycles. The molecule has 1 saturated heterocycles. The molecule has 130 valence electrons. The van der Waals surface area contributed by atoms with Crippen LogP contribution in [0.3, 0.4) is 0 Å². The standard InChI is InChI=1S/C20H22N2O3/c1-4-25-17-9-7-16(8-10-17)22-19(23)12-18(20(22)24)21-15-6-5-13(2)14(3)11-15/h5-11,18,21H,4,12H2,1-3H3/t18-/m0/s1. The first kappa shape index (κ1) is 17.0. The molecule has 0 aromatic heterocycles. The maximum absolute atomic E-state index is 12.7. The first-order valence-corrected chi connectivity index (χ1v) is 8.43. The van der Waals surface area contributed by atoms with Crippen LogP contribution in [0.5, 0.6) is 5.75 Å². The number of rotatable bonds is 5. The molecule has 0 saturated carbocycles. The van der Waals surface area contributed by atoms with Crippen molar-refractivity contribution in [2.75, 3.05) is 16.8 Å². The summed E-state index contributed by atoms with van der Waals surface area (Å²) in [6.45, 7) is 6.54. The number of ether oxygens (including phenoxy) is 1. The fraction of sp³-hybridized carbons (Fsp3) is 0.300. The van der Waals surface area contributed by atoms with E-state index in [1.807, 2.05) is 39.0 Å². The molecule has 0 aliphatic carbocycles. The number of carbonyl (C=O) groups is 2. The Morgan fingerprint density at radius 2 is 1.80 bits per heavy atom. The lowest BCUT2D eigenvalue weighted by Gasteiger charge is -2.17. The van der Waals surface area contributed by atoms with E-state index in [-0.39, 0.29) is 18.2 Å². The number of benzene rings is 2. The maximum atomic E-state index is 12.7. The predicted octanol–water partition coefficient (Wildman–Crippen LogP) is 3.45. The summed E-state index contributed by atoms with van der Waals surface area (Å²) in [7, 11) is 0. The molecule has 0 unspecified atom stereocenters. The monoisotopic (exact) mass is 338 g/mol. The Morgan fingerprint density at radius 1 is 1.08 bits per heavy atom. The van der Waals surface area contributed by atoms with Crippen molar-refractivity contribution in [1.82, 2.24) is 0 Å². The molecule has 25 heavy (non-hydrogen) atoms. The molecular weight excluding hydrogens is 316 g/mol. The SMILES string of the molecule is CCOc1ccc(N2C(=O)C[C@H](Nc3ccc(C)c(C)c3)C2=O)cc1. The number of nitrogens with one attached hydrogen (secondary N) is 1. The molecule has 0 bridgehead atoms. The lowest BCUT2D eigenvalue weighted by molar-refractivity contribution is -0.121. The van der Waals surface area contributed by atoms with E-state index in [4.69, 9.17) is 4.74 Å². The van der Waals surface area contributed by atoms with Gasteiger partial charge in [0.1, 0.15) is 11.8 Å². The first-order valence-electron chi connectivity index (χ1n) is 8.43. The van der Waals surface area contributed by atoms with E-state index in [1.54, 1.807) is 24.3 Å². The summed E-state index contributed by atoms with van der Waals surface area (Å²) in [5.74, 6) is 0.290. The fourth-order valence-electron chi connectivity index (χ4n) is 2.91. The third-order valence-corrected chi connectivity index (χ3v) is 4.40. The van der Waals surface area contributed by atoms with Crippen LogP contribution in [0.15, 0.2) is 42.5 Å². The quantitative estimate of drug-likeness (QED) is 0.849. The molecule has 5 heteroatoms. The van der Waals surface area contributed by atoms with Crippen molar-refractivity contribution in [1.29, 1.82) is 0 Å². The van der Waals surface area contributed by atoms with Crippen molar-refractivity contribution >= 4 is 23.2 Å². The van der Waals surface area contributed by atoms with Gasteiger partial charge in [-0.25, -0.2) is 4.90 Å². The van der Waals surface area contributed by atoms with E-state index in [1.165, 1.54) is 10.5 Å². The normalized spacial score (nSPS) is 17.1. The Bertz CT molecular complexity index is 799. The van der Waals surface area contributed by atoms with Crippen molar-refractivity contribution in [2.45, 2.75) is 33.2 Å². The van der Waals surface area contributed by atoms with Gasteiger partial charge in [0.25, 0.3) is 5.91 Å². The molecule has 1 aliphatic rings. The van der Waals surface area contributed by atoms with Crippen LogP contribution in [-0.4, -0.2) is 24.5 Å². The first-order chi connectivity index (χ1) is 12.0. The van der Waals surface area contributed by atoms with E-state index in [9.17, 15) is 9.59 Å². The molecule has 0 spiro atoms. The minimum atomic E-state index is -0.541. The number of anilines is 2. The van der Waals surface area contributed by atoms with Crippen molar-refractivity contribution in [3.05, 3.63) is 53.6 Å². The largest absolute Gasteiger partial charge is 0.494 e. The highest BCUT2D eigenvalue weighted by atomic mass is 16.5. The summed E-state index contributed by atoms with van der Waals surface area (Å²) in [4.78, 5) is 26.3. The topological polar surface area (TPSA) is 58.6 Å². The Kier molecular flexibility index (Phi) is 4.74. The molecule has 5 nitrogen and oxygen atoms in total. The second-order valence-corrected chi connectivity index (χ2v) is 6.19. The molecule has 1 heterocycles. The summed E-state index contributed by atoms with van der Waals surface area (Å²) in [6, 6.07) is 12.4. The summed E-state index contributed by atoms with van der Waals surface area (Å²) < 4.78 is 5.40. The fourth-order valence-corrected chi connectivity index (χ4v) is 2.91. The second-order valence-electron chi connectivity index (χ2n) is 6.19. The van der Waals surface area contributed by atoms with Crippen molar-refractivity contribution < 1.29 is 14.3 Å². The zero-order valence-corrected chi connectivity index (χ0v) is 14.7. The van der Waals surface area contributed by atoms with Gasteiger partial charge in [0.05, 0.1) is 18.7 Å². The molecule has 2 aromatic rings. The number of carbonyl (C=O) groups excluding carboxylic acids is 2. The van der Waals surface area contributed by atoms with Gasteiger partial charge in [0.15, 0.2) is 0 Å². The minimum absolute atomic E-state index is 0.152. The zero-order valence-electron chi connectivity index (χ0n) is 14.7. The highest BCUT2D eigenvalue weighted by Gasteiger charge is 2.39.